The Morgan fingerprint density at radius 3 is 2.87 bits per heavy atom. The standard InChI is InChI=1S/C16H12BrN3OS2/c17-11-4-1-3-10(7-11)12-8-13(14-5-2-6-22-14)20(19-12)16-18-15(21)9-23-16/h1-7,13H,8-9H2. The molecule has 1 aromatic heterocycles. The molecule has 0 radical (unpaired) electrons. The van der Waals surface area contributed by atoms with Gasteiger partial charge in [0, 0.05) is 15.8 Å². The number of nitrogens with zero attached hydrogens (tertiary/aromatic N) is 3. The number of hydrazone groups is 1. The Morgan fingerprint density at radius 1 is 1.26 bits per heavy atom. The molecule has 0 fully saturated rings. The average molecular weight is 406 g/mol. The second-order valence-corrected chi connectivity index (χ2v) is 8.05. The minimum absolute atomic E-state index is 0.0824. The van der Waals surface area contributed by atoms with Gasteiger partial charge in [0.2, 0.25) is 0 Å². The zero-order valence-electron chi connectivity index (χ0n) is 12.0. The van der Waals surface area contributed by atoms with E-state index in [9.17, 15) is 4.79 Å². The maximum absolute atomic E-state index is 11.5. The van der Waals surface area contributed by atoms with Gasteiger partial charge in [0.05, 0.1) is 17.5 Å². The molecule has 0 spiro atoms. The van der Waals surface area contributed by atoms with Crippen molar-refractivity contribution in [3.63, 3.8) is 0 Å². The number of hydrogen-bond donors (Lipinski definition) is 0. The molecule has 1 amide bonds. The van der Waals surface area contributed by atoms with Gasteiger partial charge in [-0.05, 0) is 29.1 Å². The number of amidine groups is 1. The van der Waals surface area contributed by atoms with Gasteiger partial charge in [-0.2, -0.15) is 10.1 Å². The monoisotopic (exact) mass is 405 g/mol. The summed E-state index contributed by atoms with van der Waals surface area (Å²) >= 11 is 6.69. The van der Waals surface area contributed by atoms with Crippen molar-refractivity contribution in [2.24, 2.45) is 10.1 Å². The number of aliphatic imine (C=N–C) groups is 1. The van der Waals surface area contributed by atoms with Crippen LogP contribution in [0.1, 0.15) is 22.9 Å². The summed E-state index contributed by atoms with van der Waals surface area (Å²) in [5.74, 6) is 0.325. The number of amides is 1. The molecule has 23 heavy (non-hydrogen) atoms. The number of carbonyl (C=O) groups is 1. The van der Waals surface area contributed by atoms with Gasteiger partial charge < -0.3 is 0 Å². The Labute approximate surface area is 150 Å². The summed E-state index contributed by atoms with van der Waals surface area (Å²) in [5, 5.41) is 9.48. The van der Waals surface area contributed by atoms with Gasteiger partial charge in [-0.25, -0.2) is 5.01 Å². The van der Waals surface area contributed by atoms with Crippen LogP contribution in [-0.4, -0.2) is 27.5 Å². The van der Waals surface area contributed by atoms with Crippen molar-refractivity contribution in [2.45, 2.75) is 12.5 Å². The van der Waals surface area contributed by atoms with Gasteiger partial charge >= 0.3 is 0 Å². The fourth-order valence-electron chi connectivity index (χ4n) is 2.65. The molecule has 0 N–H and O–H groups in total. The SMILES string of the molecule is O=C1CSC(N2N=C(c3cccc(Br)c3)CC2c2cccs2)=N1. The van der Waals surface area contributed by atoms with Crippen molar-refractivity contribution in [1.82, 2.24) is 5.01 Å². The zero-order valence-corrected chi connectivity index (χ0v) is 15.2. The highest BCUT2D eigenvalue weighted by atomic mass is 79.9. The van der Waals surface area contributed by atoms with Crippen LogP contribution in [0, 0.1) is 0 Å². The lowest BCUT2D eigenvalue weighted by Crippen LogP contribution is -2.23. The van der Waals surface area contributed by atoms with Crippen molar-refractivity contribution in [3.8, 4) is 0 Å². The van der Waals surface area contributed by atoms with Crippen LogP contribution >= 0.6 is 39.0 Å². The maximum Gasteiger partial charge on any atom is 0.258 e. The van der Waals surface area contributed by atoms with E-state index >= 15 is 0 Å². The molecule has 116 valence electrons. The van der Waals surface area contributed by atoms with Crippen molar-refractivity contribution in [1.29, 1.82) is 0 Å². The van der Waals surface area contributed by atoms with Gasteiger partial charge in [0.1, 0.15) is 0 Å². The number of hydrogen-bond acceptors (Lipinski definition) is 5. The Bertz CT molecular complexity index is 816. The van der Waals surface area contributed by atoms with Crippen LogP contribution in [-0.2, 0) is 4.79 Å². The lowest BCUT2D eigenvalue weighted by atomic mass is 10.0. The summed E-state index contributed by atoms with van der Waals surface area (Å²) in [6, 6.07) is 12.4. The van der Waals surface area contributed by atoms with Crippen molar-refractivity contribution in [2.75, 3.05) is 5.75 Å². The first-order valence-electron chi connectivity index (χ1n) is 7.11. The summed E-state index contributed by atoms with van der Waals surface area (Å²) in [6.45, 7) is 0. The molecular weight excluding hydrogens is 394 g/mol. The summed E-state index contributed by atoms with van der Waals surface area (Å²) in [5.41, 5.74) is 2.12. The van der Waals surface area contributed by atoms with E-state index in [2.05, 4.69) is 44.5 Å². The molecule has 1 unspecified atom stereocenters. The Balaban J connectivity index is 1.72. The smallest absolute Gasteiger partial charge is 0.258 e. The second-order valence-electron chi connectivity index (χ2n) is 5.21. The number of benzene rings is 1. The van der Waals surface area contributed by atoms with Gasteiger partial charge in [-0.15, -0.1) is 11.3 Å². The van der Waals surface area contributed by atoms with E-state index in [1.54, 1.807) is 11.3 Å². The van der Waals surface area contributed by atoms with Crippen LogP contribution in [0.3, 0.4) is 0 Å². The molecule has 0 saturated carbocycles. The van der Waals surface area contributed by atoms with Gasteiger partial charge in [-0.3, -0.25) is 4.79 Å². The molecule has 4 rings (SSSR count). The van der Waals surface area contributed by atoms with E-state index < -0.39 is 0 Å². The maximum atomic E-state index is 11.5. The summed E-state index contributed by atoms with van der Waals surface area (Å²) in [6.07, 6.45) is 0.810. The summed E-state index contributed by atoms with van der Waals surface area (Å²) < 4.78 is 1.03. The van der Waals surface area contributed by atoms with Gasteiger partial charge in [0.25, 0.3) is 5.91 Å². The first kappa shape index (κ1) is 15.1. The fraction of sp³-hybridized carbons (Fsp3) is 0.188. The average Bonchev–Trinajstić information content (AvgIpc) is 3.26. The Kier molecular flexibility index (Phi) is 4.09. The highest BCUT2D eigenvalue weighted by molar-refractivity contribution is 9.10. The number of rotatable bonds is 2. The molecule has 0 aliphatic carbocycles. The highest BCUT2D eigenvalue weighted by Gasteiger charge is 2.35. The van der Waals surface area contributed by atoms with Crippen LogP contribution in [0.2, 0.25) is 0 Å². The number of thioether (sulfide) groups is 1. The van der Waals surface area contributed by atoms with Crippen molar-refractivity contribution in [3.05, 3.63) is 56.7 Å². The van der Waals surface area contributed by atoms with Crippen molar-refractivity contribution >= 4 is 55.8 Å². The van der Waals surface area contributed by atoms with E-state index in [1.807, 2.05) is 23.2 Å². The van der Waals surface area contributed by atoms with E-state index in [1.165, 1.54) is 16.6 Å². The van der Waals surface area contributed by atoms with E-state index in [4.69, 9.17) is 5.10 Å². The molecular formula is C16H12BrN3OS2. The minimum Gasteiger partial charge on any atom is -0.272 e. The number of halogens is 1. The van der Waals surface area contributed by atoms with Crippen LogP contribution in [0.15, 0.2) is 56.3 Å². The molecule has 7 heteroatoms. The lowest BCUT2D eigenvalue weighted by Gasteiger charge is -2.21. The first-order valence-corrected chi connectivity index (χ1v) is 9.77. The van der Waals surface area contributed by atoms with Crippen LogP contribution in [0.25, 0.3) is 0 Å². The molecule has 2 aliphatic heterocycles. The van der Waals surface area contributed by atoms with E-state index in [0.29, 0.717) is 10.9 Å². The molecule has 3 heterocycles. The molecule has 2 aliphatic rings. The third-order valence-corrected chi connectivity index (χ3v) is 6.08. The van der Waals surface area contributed by atoms with Crippen LogP contribution in [0.4, 0.5) is 0 Å². The minimum atomic E-state index is -0.0824. The predicted octanol–water partition coefficient (Wildman–Crippen LogP) is 4.29. The van der Waals surface area contributed by atoms with Crippen molar-refractivity contribution < 1.29 is 4.79 Å². The zero-order chi connectivity index (χ0) is 15.8. The molecule has 0 bridgehead atoms. The van der Waals surface area contributed by atoms with Gasteiger partial charge in [0.15, 0.2) is 5.17 Å². The summed E-state index contributed by atoms with van der Waals surface area (Å²) in [7, 11) is 0. The predicted molar refractivity (Wildman–Crippen MR) is 99.1 cm³/mol. The van der Waals surface area contributed by atoms with E-state index in [0.717, 1.165) is 22.2 Å². The lowest BCUT2D eigenvalue weighted by molar-refractivity contribution is -0.115. The molecule has 1 aromatic carbocycles. The third-order valence-electron chi connectivity index (χ3n) is 3.68. The molecule has 2 aromatic rings. The largest absolute Gasteiger partial charge is 0.272 e. The molecule has 4 nitrogen and oxygen atoms in total. The highest BCUT2D eigenvalue weighted by Crippen LogP contribution is 2.38. The number of thiophene rings is 1. The van der Waals surface area contributed by atoms with Crippen LogP contribution in [0.5, 0.6) is 0 Å². The second kappa shape index (κ2) is 6.22. The summed E-state index contributed by atoms with van der Waals surface area (Å²) in [4.78, 5) is 16.9. The first-order chi connectivity index (χ1) is 11.2. The fourth-order valence-corrected chi connectivity index (χ4v) is 4.64. The van der Waals surface area contributed by atoms with Crippen LogP contribution < -0.4 is 0 Å². The Hall–Kier alpha value is -1.44. The number of carbonyl (C=O) groups excluding carboxylic acids is 1. The molecule has 0 saturated heterocycles. The molecule has 1 atom stereocenters. The van der Waals surface area contributed by atoms with E-state index in [-0.39, 0.29) is 11.9 Å². The third kappa shape index (κ3) is 3.00. The normalized spacial score (nSPS) is 20.8. The topological polar surface area (TPSA) is 45.0 Å². The van der Waals surface area contributed by atoms with Gasteiger partial charge in [-0.1, -0.05) is 45.9 Å². The Morgan fingerprint density at radius 2 is 2.17 bits per heavy atom. The quantitative estimate of drug-likeness (QED) is 0.748.